The zero-order valence-corrected chi connectivity index (χ0v) is 14.7. The van der Waals surface area contributed by atoms with Crippen molar-refractivity contribution in [3.63, 3.8) is 0 Å². The molecule has 136 valence electrons. The van der Waals surface area contributed by atoms with E-state index in [1.165, 1.54) is 12.8 Å². The summed E-state index contributed by atoms with van der Waals surface area (Å²) in [5.74, 6) is 1.41. The molecule has 4 rings (SSSR count). The number of rotatable bonds is 6. The second-order valence-electron chi connectivity index (χ2n) is 6.92. The first kappa shape index (κ1) is 17.1. The van der Waals surface area contributed by atoms with E-state index in [0.29, 0.717) is 5.56 Å². The number of nitrogens with one attached hydrogen (secondary N) is 2. The lowest BCUT2D eigenvalue weighted by Gasteiger charge is -2.24. The van der Waals surface area contributed by atoms with E-state index in [1.807, 2.05) is 36.4 Å². The van der Waals surface area contributed by atoms with Gasteiger partial charge in [0.15, 0.2) is 0 Å². The Morgan fingerprint density at radius 2 is 1.88 bits per heavy atom. The molecule has 2 N–H and O–H groups in total. The summed E-state index contributed by atoms with van der Waals surface area (Å²) < 4.78 is 11.4. The summed E-state index contributed by atoms with van der Waals surface area (Å²) >= 11 is 0. The van der Waals surface area contributed by atoms with Crippen molar-refractivity contribution in [1.29, 1.82) is 0 Å². The summed E-state index contributed by atoms with van der Waals surface area (Å²) in [7, 11) is 0. The maximum atomic E-state index is 12.4. The normalized spacial score (nSPS) is 19.8. The van der Waals surface area contributed by atoms with Crippen LogP contribution in [0.5, 0.6) is 5.75 Å². The highest BCUT2D eigenvalue weighted by molar-refractivity contribution is 6.04. The fourth-order valence-corrected chi connectivity index (χ4v) is 2.97. The van der Waals surface area contributed by atoms with Crippen LogP contribution in [0.1, 0.15) is 34.9 Å². The lowest BCUT2D eigenvalue weighted by Crippen LogP contribution is -2.33. The van der Waals surface area contributed by atoms with Crippen LogP contribution in [0, 0.1) is 5.92 Å². The highest BCUT2D eigenvalue weighted by Crippen LogP contribution is 2.29. The number of anilines is 1. The largest absolute Gasteiger partial charge is 0.493 e. The summed E-state index contributed by atoms with van der Waals surface area (Å²) in [6.45, 7) is 3.22. The van der Waals surface area contributed by atoms with E-state index in [0.717, 1.165) is 49.2 Å². The third kappa shape index (κ3) is 4.42. The highest BCUT2D eigenvalue weighted by atomic mass is 16.5. The van der Waals surface area contributed by atoms with Gasteiger partial charge in [-0.2, -0.15) is 0 Å². The fraction of sp³-hybridized carbons (Fsp3) is 0.381. The molecule has 2 aromatic rings. The Kier molecular flexibility index (Phi) is 5.18. The van der Waals surface area contributed by atoms with Gasteiger partial charge in [0, 0.05) is 24.3 Å². The van der Waals surface area contributed by atoms with Crippen molar-refractivity contribution in [3.05, 3.63) is 59.7 Å². The van der Waals surface area contributed by atoms with Crippen molar-refractivity contribution < 1.29 is 14.3 Å². The van der Waals surface area contributed by atoms with E-state index >= 15 is 0 Å². The van der Waals surface area contributed by atoms with Crippen LogP contribution in [-0.2, 0) is 4.74 Å². The van der Waals surface area contributed by atoms with Crippen LogP contribution in [0.15, 0.2) is 48.5 Å². The number of carbonyl (C=O) groups is 1. The first-order valence-corrected chi connectivity index (χ1v) is 9.24. The first-order valence-electron chi connectivity index (χ1n) is 9.24. The van der Waals surface area contributed by atoms with Crippen molar-refractivity contribution in [2.75, 3.05) is 31.6 Å². The lowest BCUT2D eigenvalue weighted by atomic mass is 10.1. The third-order valence-electron chi connectivity index (χ3n) is 4.77. The Balaban J connectivity index is 1.33. The van der Waals surface area contributed by atoms with Gasteiger partial charge in [-0.1, -0.05) is 12.1 Å². The van der Waals surface area contributed by atoms with Crippen LogP contribution in [-0.4, -0.2) is 32.2 Å². The van der Waals surface area contributed by atoms with E-state index in [4.69, 9.17) is 9.47 Å². The molecule has 0 unspecified atom stereocenters. The second-order valence-corrected chi connectivity index (χ2v) is 6.92. The number of amides is 1. The summed E-state index contributed by atoms with van der Waals surface area (Å²) in [4.78, 5) is 12.4. The van der Waals surface area contributed by atoms with Gasteiger partial charge in [0.2, 0.25) is 0 Å². The number of morpholine rings is 1. The molecule has 1 heterocycles. The molecule has 1 saturated carbocycles. The van der Waals surface area contributed by atoms with Crippen LogP contribution >= 0.6 is 0 Å². The zero-order chi connectivity index (χ0) is 17.8. The highest BCUT2D eigenvalue weighted by Gasteiger charge is 2.22. The topological polar surface area (TPSA) is 59.6 Å². The standard InChI is InChI=1S/C21H24N2O3/c24-21(17-5-9-19(10-6-17)26-14-15-1-2-15)23-18-7-3-16(4-8-18)20-13-22-11-12-25-20/h3-10,15,20,22H,1-2,11-14H2,(H,23,24)/t20-/m0/s1. The Morgan fingerprint density at radius 3 is 2.54 bits per heavy atom. The third-order valence-corrected chi connectivity index (χ3v) is 4.77. The Bertz CT molecular complexity index is 733. The number of ether oxygens (including phenoxy) is 2. The molecule has 0 bridgehead atoms. The Labute approximate surface area is 153 Å². The summed E-state index contributed by atoms with van der Waals surface area (Å²) in [5, 5.41) is 6.25. The molecule has 2 fully saturated rings. The van der Waals surface area contributed by atoms with E-state index in [2.05, 4.69) is 10.6 Å². The van der Waals surface area contributed by atoms with E-state index in [-0.39, 0.29) is 12.0 Å². The monoisotopic (exact) mass is 352 g/mol. The van der Waals surface area contributed by atoms with Crippen LogP contribution in [0.25, 0.3) is 0 Å². The predicted octanol–water partition coefficient (Wildman–Crippen LogP) is 3.39. The second kappa shape index (κ2) is 7.89. The van der Waals surface area contributed by atoms with Crippen molar-refractivity contribution >= 4 is 11.6 Å². The minimum Gasteiger partial charge on any atom is -0.493 e. The van der Waals surface area contributed by atoms with Gasteiger partial charge in [-0.05, 0) is 60.7 Å². The molecule has 5 nitrogen and oxygen atoms in total. The average Bonchev–Trinajstić information content (AvgIpc) is 3.52. The molecule has 0 aromatic heterocycles. The molecule has 0 spiro atoms. The molecule has 0 radical (unpaired) electrons. The maximum absolute atomic E-state index is 12.4. The molecular weight excluding hydrogens is 328 g/mol. The number of hydrogen-bond acceptors (Lipinski definition) is 4. The summed E-state index contributed by atoms with van der Waals surface area (Å²) in [6.07, 6.45) is 2.61. The molecule has 5 heteroatoms. The molecular formula is C21H24N2O3. The number of carbonyl (C=O) groups excluding carboxylic acids is 1. The average molecular weight is 352 g/mol. The van der Waals surface area contributed by atoms with Gasteiger partial charge < -0.3 is 20.1 Å². The number of hydrogen-bond donors (Lipinski definition) is 2. The van der Waals surface area contributed by atoms with Gasteiger partial charge in [0.1, 0.15) is 5.75 Å². The Morgan fingerprint density at radius 1 is 1.12 bits per heavy atom. The van der Waals surface area contributed by atoms with E-state index in [9.17, 15) is 4.79 Å². The first-order chi connectivity index (χ1) is 12.8. The summed E-state index contributed by atoms with van der Waals surface area (Å²) in [6, 6.07) is 15.1. The molecule has 1 aliphatic heterocycles. The minimum atomic E-state index is -0.123. The minimum absolute atomic E-state index is 0.0803. The van der Waals surface area contributed by atoms with E-state index < -0.39 is 0 Å². The van der Waals surface area contributed by atoms with Gasteiger partial charge in [-0.3, -0.25) is 4.79 Å². The van der Waals surface area contributed by atoms with Crippen LogP contribution < -0.4 is 15.4 Å². The molecule has 1 amide bonds. The molecule has 26 heavy (non-hydrogen) atoms. The smallest absolute Gasteiger partial charge is 0.255 e. The van der Waals surface area contributed by atoms with Gasteiger partial charge in [-0.25, -0.2) is 0 Å². The van der Waals surface area contributed by atoms with Gasteiger partial charge >= 0.3 is 0 Å². The predicted molar refractivity (Wildman–Crippen MR) is 101 cm³/mol. The molecule has 1 saturated heterocycles. The van der Waals surface area contributed by atoms with E-state index in [1.54, 1.807) is 12.1 Å². The molecule has 2 aliphatic rings. The summed E-state index contributed by atoms with van der Waals surface area (Å²) in [5.41, 5.74) is 2.51. The molecule has 2 aromatic carbocycles. The van der Waals surface area contributed by atoms with Gasteiger partial charge in [0.25, 0.3) is 5.91 Å². The van der Waals surface area contributed by atoms with Crippen molar-refractivity contribution in [3.8, 4) is 5.75 Å². The van der Waals surface area contributed by atoms with Crippen LogP contribution in [0.4, 0.5) is 5.69 Å². The molecule has 1 atom stereocenters. The van der Waals surface area contributed by atoms with Crippen molar-refractivity contribution in [2.24, 2.45) is 5.92 Å². The Hall–Kier alpha value is -2.37. The van der Waals surface area contributed by atoms with Gasteiger partial charge in [0.05, 0.1) is 19.3 Å². The van der Waals surface area contributed by atoms with Gasteiger partial charge in [-0.15, -0.1) is 0 Å². The lowest BCUT2D eigenvalue weighted by molar-refractivity contribution is 0.0277. The SMILES string of the molecule is O=C(Nc1ccc([C@@H]2CNCCO2)cc1)c1ccc(OCC2CC2)cc1. The zero-order valence-electron chi connectivity index (χ0n) is 14.7. The maximum Gasteiger partial charge on any atom is 0.255 e. The fourth-order valence-electron chi connectivity index (χ4n) is 2.97. The van der Waals surface area contributed by atoms with Crippen LogP contribution in [0.2, 0.25) is 0 Å². The quantitative estimate of drug-likeness (QED) is 0.837. The van der Waals surface area contributed by atoms with Crippen LogP contribution in [0.3, 0.4) is 0 Å². The van der Waals surface area contributed by atoms with Crippen molar-refractivity contribution in [1.82, 2.24) is 5.32 Å². The molecule has 1 aliphatic carbocycles. The number of benzene rings is 2. The van der Waals surface area contributed by atoms with Crippen molar-refractivity contribution in [2.45, 2.75) is 18.9 Å².